The van der Waals surface area contributed by atoms with Gasteiger partial charge in [0, 0.05) is 6.54 Å². The maximum atomic E-state index is 12.9. The second-order valence-electron chi connectivity index (χ2n) is 6.81. The Morgan fingerprint density at radius 3 is 2.54 bits per heavy atom. The molecule has 1 saturated heterocycles. The fourth-order valence-corrected chi connectivity index (χ4v) is 3.13. The number of hydrogen-bond acceptors (Lipinski definition) is 4. The van der Waals surface area contributed by atoms with E-state index in [-0.39, 0.29) is 0 Å². The minimum atomic E-state index is -1.29. The lowest BCUT2D eigenvalue weighted by Gasteiger charge is -2.22. The molecule has 8 nitrogen and oxygen atoms in total. The zero-order valence-electron chi connectivity index (χ0n) is 15.7. The van der Waals surface area contributed by atoms with E-state index < -0.39 is 36.0 Å². The molecule has 2 aromatic rings. The van der Waals surface area contributed by atoms with Crippen LogP contribution in [0.5, 0.6) is 0 Å². The average molecular weight is 382 g/mol. The van der Waals surface area contributed by atoms with E-state index in [0.717, 1.165) is 22.1 Å². The molecule has 3 rings (SSSR count). The van der Waals surface area contributed by atoms with Crippen molar-refractivity contribution < 1.29 is 19.2 Å². The van der Waals surface area contributed by atoms with Gasteiger partial charge in [-0.25, -0.2) is 9.59 Å². The number of benzene rings is 2. The summed E-state index contributed by atoms with van der Waals surface area (Å²) in [5, 5.41) is 9.22. The summed E-state index contributed by atoms with van der Waals surface area (Å²) in [4.78, 5) is 49.7. The monoisotopic (exact) mass is 382 g/mol. The Morgan fingerprint density at radius 2 is 1.82 bits per heavy atom. The Balaban J connectivity index is 1.76. The summed E-state index contributed by atoms with van der Waals surface area (Å²) in [6.07, 6.45) is 0.721. The summed E-state index contributed by atoms with van der Waals surface area (Å²) in [5.74, 6) is -1.28. The van der Waals surface area contributed by atoms with Gasteiger partial charge in [0.05, 0.1) is 0 Å². The predicted molar refractivity (Wildman–Crippen MR) is 103 cm³/mol. The van der Waals surface area contributed by atoms with Crippen molar-refractivity contribution in [1.82, 2.24) is 20.9 Å². The van der Waals surface area contributed by atoms with Gasteiger partial charge in [-0.2, -0.15) is 0 Å². The van der Waals surface area contributed by atoms with Crippen molar-refractivity contribution in [3.8, 4) is 0 Å². The fourth-order valence-electron chi connectivity index (χ4n) is 3.13. The van der Waals surface area contributed by atoms with Gasteiger partial charge >= 0.3 is 12.1 Å². The lowest BCUT2D eigenvalue weighted by Crippen LogP contribution is -2.47. The molecule has 0 radical (unpaired) electrons. The Bertz CT molecular complexity index is 958. The minimum Gasteiger partial charge on any atom is -0.338 e. The molecule has 0 aliphatic carbocycles. The normalized spacial score (nSPS) is 18.9. The summed E-state index contributed by atoms with van der Waals surface area (Å²) in [6, 6.07) is 11.9. The molecule has 6 amide bonds. The number of amides is 6. The van der Waals surface area contributed by atoms with Crippen LogP contribution in [0.1, 0.15) is 25.8 Å². The van der Waals surface area contributed by atoms with Crippen molar-refractivity contribution in [2.45, 2.75) is 25.8 Å². The highest BCUT2D eigenvalue weighted by Crippen LogP contribution is 2.30. The van der Waals surface area contributed by atoms with Crippen molar-refractivity contribution in [3.05, 3.63) is 48.0 Å². The molecule has 0 saturated carbocycles. The number of nitrogens with one attached hydrogen (secondary N) is 3. The van der Waals surface area contributed by atoms with Crippen molar-refractivity contribution in [3.63, 3.8) is 0 Å². The number of nitrogens with zero attached hydrogens (tertiary/aromatic N) is 1. The molecule has 1 aliphatic rings. The highest BCUT2D eigenvalue weighted by atomic mass is 16.2. The number of rotatable bonds is 5. The van der Waals surface area contributed by atoms with Crippen LogP contribution in [-0.2, 0) is 15.1 Å². The van der Waals surface area contributed by atoms with E-state index in [9.17, 15) is 19.2 Å². The van der Waals surface area contributed by atoms with Crippen LogP contribution in [0, 0.1) is 0 Å². The molecule has 1 heterocycles. The predicted octanol–water partition coefficient (Wildman–Crippen LogP) is 1.84. The average Bonchev–Trinajstić information content (AvgIpc) is 2.90. The van der Waals surface area contributed by atoms with Gasteiger partial charge in [-0.05, 0) is 35.7 Å². The molecule has 1 fully saturated rings. The van der Waals surface area contributed by atoms with E-state index >= 15 is 0 Å². The van der Waals surface area contributed by atoms with Gasteiger partial charge in [-0.3, -0.25) is 19.8 Å². The summed E-state index contributed by atoms with van der Waals surface area (Å²) in [5.41, 5.74) is -0.667. The molecule has 146 valence electrons. The van der Waals surface area contributed by atoms with Gasteiger partial charge in [0.1, 0.15) is 12.1 Å². The van der Waals surface area contributed by atoms with Crippen LogP contribution in [0.4, 0.5) is 9.59 Å². The summed E-state index contributed by atoms with van der Waals surface area (Å²) >= 11 is 0. The van der Waals surface area contributed by atoms with Crippen molar-refractivity contribution >= 4 is 34.6 Å². The lowest BCUT2D eigenvalue weighted by molar-refractivity contribution is -0.134. The molecule has 8 heteroatoms. The van der Waals surface area contributed by atoms with Crippen LogP contribution in [-0.4, -0.2) is 41.9 Å². The number of carbonyl (C=O) groups is 4. The Hall–Kier alpha value is -3.42. The zero-order valence-corrected chi connectivity index (χ0v) is 15.7. The first-order valence-corrected chi connectivity index (χ1v) is 9.06. The third kappa shape index (κ3) is 3.66. The molecule has 28 heavy (non-hydrogen) atoms. The van der Waals surface area contributed by atoms with E-state index in [1.807, 2.05) is 43.3 Å². The van der Waals surface area contributed by atoms with E-state index in [2.05, 4.69) is 16.0 Å². The lowest BCUT2D eigenvalue weighted by atomic mass is 9.90. The highest BCUT2D eigenvalue weighted by molar-refractivity contribution is 6.10. The Kier molecular flexibility index (Phi) is 5.30. The Labute approximate surface area is 162 Å². The largest absolute Gasteiger partial charge is 0.338 e. The Morgan fingerprint density at radius 1 is 1.11 bits per heavy atom. The van der Waals surface area contributed by atoms with Crippen LogP contribution < -0.4 is 16.0 Å². The summed E-state index contributed by atoms with van der Waals surface area (Å²) in [7, 11) is 0. The first kappa shape index (κ1) is 19.3. The molecule has 0 spiro atoms. The number of hydrogen-bond donors (Lipinski definition) is 3. The zero-order chi connectivity index (χ0) is 20.3. The number of fused-ring (bicyclic) bond motifs is 1. The maximum absolute atomic E-state index is 12.9. The second kappa shape index (κ2) is 7.67. The number of carbonyl (C=O) groups excluding carboxylic acids is 4. The first-order valence-electron chi connectivity index (χ1n) is 9.06. The van der Waals surface area contributed by atoms with Crippen LogP contribution >= 0.6 is 0 Å². The molecule has 2 aromatic carbocycles. The van der Waals surface area contributed by atoms with E-state index in [1.165, 1.54) is 0 Å². The summed E-state index contributed by atoms with van der Waals surface area (Å²) < 4.78 is 0. The van der Waals surface area contributed by atoms with Gasteiger partial charge in [0.25, 0.3) is 5.91 Å². The van der Waals surface area contributed by atoms with Crippen LogP contribution in [0.3, 0.4) is 0 Å². The van der Waals surface area contributed by atoms with E-state index in [1.54, 1.807) is 13.0 Å². The SMILES string of the molecule is CCCNC(=O)NC(=O)CN1C(=O)N[C@@](C)(c2ccc3ccccc3c2)C1=O. The van der Waals surface area contributed by atoms with Crippen LogP contribution in [0.2, 0.25) is 0 Å². The molecule has 1 aliphatic heterocycles. The molecule has 1 atom stereocenters. The maximum Gasteiger partial charge on any atom is 0.325 e. The summed E-state index contributed by atoms with van der Waals surface area (Å²) in [6.45, 7) is 3.36. The third-order valence-corrected chi connectivity index (χ3v) is 4.69. The van der Waals surface area contributed by atoms with E-state index in [4.69, 9.17) is 0 Å². The van der Waals surface area contributed by atoms with Crippen molar-refractivity contribution in [2.75, 3.05) is 13.1 Å². The van der Waals surface area contributed by atoms with Gasteiger partial charge in [-0.15, -0.1) is 0 Å². The third-order valence-electron chi connectivity index (χ3n) is 4.69. The fraction of sp³-hybridized carbons (Fsp3) is 0.300. The van der Waals surface area contributed by atoms with Gasteiger partial charge in [0.2, 0.25) is 5.91 Å². The quantitative estimate of drug-likeness (QED) is 0.686. The van der Waals surface area contributed by atoms with Gasteiger partial charge in [0.15, 0.2) is 0 Å². The number of urea groups is 2. The van der Waals surface area contributed by atoms with Crippen molar-refractivity contribution in [1.29, 1.82) is 0 Å². The smallest absolute Gasteiger partial charge is 0.325 e. The standard InChI is InChI=1S/C20H22N4O4/c1-3-10-21-18(27)22-16(25)12-24-17(26)20(2,23-19(24)28)15-9-8-13-6-4-5-7-14(13)11-15/h4-9,11H,3,10,12H2,1-2H3,(H,23,28)(H2,21,22,25,27)/t20-/m0/s1. The van der Waals surface area contributed by atoms with Crippen molar-refractivity contribution in [2.24, 2.45) is 0 Å². The number of imide groups is 2. The van der Waals surface area contributed by atoms with E-state index in [0.29, 0.717) is 12.1 Å². The molecular weight excluding hydrogens is 360 g/mol. The molecule has 3 N–H and O–H groups in total. The first-order chi connectivity index (χ1) is 13.3. The molecular formula is C20H22N4O4. The molecule has 0 aromatic heterocycles. The molecule has 0 bridgehead atoms. The molecule has 0 unspecified atom stereocenters. The second-order valence-corrected chi connectivity index (χ2v) is 6.81. The highest BCUT2D eigenvalue weighted by Gasteiger charge is 2.49. The van der Waals surface area contributed by atoms with Gasteiger partial charge in [-0.1, -0.05) is 43.3 Å². The minimum absolute atomic E-state index is 0.419. The van der Waals surface area contributed by atoms with Gasteiger partial charge < -0.3 is 10.6 Å². The van der Waals surface area contributed by atoms with Crippen LogP contribution in [0.25, 0.3) is 10.8 Å². The van der Waals surface area contributed by atoms with Crippen LogP contribution in [0.15, 0.2) is 42.5 Å². The topological polar surface area (TPSA) is 108 Å².